The highest BCUT2D eigenvalue weighted by Gasteiger charge is 2.05. The molecule has 0 spiro atoms. The van der Waals surface area contributed by atoms with Crippen LogP contribution in [-0.2, 0) is 6.54 Å². The van der Waals surface area contributed by atoms with Crippen LogP contribution in [0.15, 0.2) is 24.8 Å². The second kappa shape index (κ2) is 5.05. The zero-order valence-electron chi connectivity index (χ0n) is 8.89. The standard InChI is InChI=1S/C10H12ClN5/c1-2-12-5-9-8(11)3-4-10(15-9)16-7-13-6-14-16/h3-4,6-7,12H,2,5H2,1H3. The van der Waals surface area contributed by atoms with E-state index in [9.17, 15) is 0 Å². The van der Waals surface area contributed by atoms with E-state index in [1.54, 1.807) is 11.0 Å². The van der Waals surface area contributed by atoms with Crippen molar-refractivity contribution in [3.63, 3.8) is 0 Å². The predicted octanol–water partition coefficient (Wildman–Crippen LogP) is 1.43. The van der Waals surface area contributed by atoms with E-state index >= 15 is 0 Å². The summed E-state index contributed by atoms with van der Waals surface area (Å²) in [4.78, 5) is 8.29. The smallest absolute Gasteiger partial charge is 0.155 e. The van der Waals surface area contributed by atoms with Gasteiger partial charge in [0.1, 0.15) is 12.7 Å². The first-order valence-electron chi connectivity index (χ1n) is 5.02. The van der Waals surface area contributed by atoms with Gasteiger partial charge in [-0.2, -0.15) is 5.10 Å². The second-order valence-electron chi connectivity index (χ2n) is 3.22. The average molecular weight is 238 g/mol. The fourth-order valence-electron chi connectivity index (χ4n) is 1.29. The van der Waals surface area contributed by atoms with Gasteiger partial charge < -0.3 is 5.32 Å². The first kappa shape index (κ1) is 11.0. The first-order valence-corrected chi connectivity index (χ1v) is 5.40. The Kier molecular flexibility index (Phi) is 3.48. The van der Waals surface area contributed by atoms with Crippen molar-refractivity contribution in [2.24, 2.45) is 0 Å². The highest BCUT2D eigenvalue weighted by atomic mass is 35.5. The first-order chi connectivity index (χ1) is 7.81. The lowest BCUT2D eigenvalue weighted by molar-refractivity contribution is 0.704. The highest BCUT2D eigenvalue weighted by Crippen LogP contribution is 2.15. The molecule has 0 aliphatic heterocycles. The van der Waals surface area contributed by atoms with Crippen LogP contribution >= 0.6 is 11.6 Å². The molecule has 0 atom stereocenters. The Morgan fingerprint density at radius 1 is 1.44 bits per heavy atom. The molecule has 5 nitrogen and oxygen atoms in total. The molecular weight excluding hydrogens is 226 g/mol. The lowest BCUT2D eigenvalue weighted by Crippen LogP contribution is -2.14. The minimum Gasteiger partial charge on any atom is -0.311 e. The van der Waals surface area contributed by atoms with Crippen LogP contribution in [0.3, 0.4) is 0 Å². The molecule has 0 saturated carbocycles. The van der Waals surface area contributed by atoms with Gasteiger partial charge in [-0.15, -0.1) is 0 Å². The third kappa shape index (κ3) is 2.37. The minimum atomic E-state index is 0.651. The topological polar surface area (TPSA) is 55.6 Å². The molecule has 6 heteroatoms. The van der Waals surface area contributed by atoms with E-state index < -0.39 is 0 Å². The Labute approximate surface area is 98.5 Å². The quantitative estimate of drug-likeness (QED) is 0.874. The Morgan fingerprint density at radius 2 is 2.31 bits per heavy atom. The summed E-state index contributed by atoms with van der Waals surface area (Å²) in [5.74, 6) is 0.717. The molecule has 2 rings (SSSR count). The summed E-state index contributed by atoms with van der Waals surface area (Å²) >= 11 is 6.05. The van der Waals surface area contributed by atoms with E-state index in [4.69, 9.17) is 11.6 Å². The van der Waals surface area contributed by atoms with Gasteiger partial charge in [-0.25, -0.2) is 14.6 Å². The summed E-state index contributed by atoms with van der Waals surface area (Å²) in [7, 11) is 0. The van der Waals surface area contributed by atoms with Gasteiger partial charge in [0.25, 0.3) is 0 Å². The van der Waals surface area contributed by atoms with E-state index in [2.05, 4.69) is 20.4 Å². The third-order valence-corrected chi connectivity index (χ3v) is 2.44. The molecule has 16 heavy (non-hydrogen) atoms. The monoisotopic (exact) mass is 237 g/mol. The molecule has 2 heterocycles. The van der Waals surface area contributed by atoms with Gasteiger partial charge in [-0.05, 0) is 18.7 Å². The van der Waals surface area contributed by atoms with Gasteiger partial charge >= 0.3 is 0 Å². The fourth-order valence-corrected chi connectivity index (χ4v) is 1.47. The van der Waals surface area contributed by atoms with Gasteiger partial charge in [0.15, 0.2) is 5.82 Å². The molecule has 0 amide bonds. The van der Waals surface area contributed by atoms with Gasteiger partial charge in [-0.3, -0.25) is 0 Å². The maximum atomic E-state index is 6.05. The number of hydrogen-bond acceptors (Lipinski definition) is 4. The Morgan fingerprint density at radius 3 is 3.00 bits per heavy atom. The lowest BCUT2D eigenvalue weighted by atomic mass is 10.3. The largest absolute Gasteiger partial charge is 0.311 e. The second-order valence-corrected chi connectivity index (χ2v) is 3.63. The Hall–Kier alpha value is -1.46. The molecule has 0 aliphatic rings. The minimum absolute atomic E-state index is 0.651. The van der Waals surface area contributed by atoms with Gasteiger partial charge in [0.05, 0.1) is 10.7 Å². The average Bonchev–Trinajstić information content (AvgIpc) is 2.81. The maximum absolute atomic E-state index is 6.05. The van der Waals surface area contributed by atoms with Crippen LogP contribution in [0.2, 0.25) is 5.02 Å². The molecule has 0 saturated heterocycles. The van der Waals surface area contributed by atoms with E-state index in [-0.39, 0.29) is 0 Å². The van der Waals surface area contributed by atoms with Gasteiger partial charge in [-0.1, -0.05) is 18.5 Å². The van der Waals surface area contributed by atoms with Gasteiger partial charge in [0, 0.05) is 6.54 Å². The summed E-state index contributed by atoms with van der Waals surface area (Å²) < 4.78 is 1.60. The summed E-state index contributed by atoms with van der Waals surface area (Å²) in [5.41, 5.74) is 0.816. The SMILES string of the molecule is CCNCc1nc(-n2cncn2)ccc1Cl. The maximum Gasteiger partial charge on any atom is 0.155 e. The highest BCUT2D eigenvalue weighted by molar-refractivity contribution is 6.31. The zero-order chi connectivity index (χ0) is 11.4. The van der Waals surface area contributed by atoms with Crippen LogP contribution < -0.4 is 5.32 Å². The third-order valence-electron chi connectivity index (χ3n) is 2.10. The molecule has 1 N–H and O–H groups in total. The molecule has 0 radical (unpaired) electrons. The van der Waals surface area contributed by atoms with Crippen molar-refractivity contribution < 1.29 is 0 Å². The van der Waals surface area contributed by atoms with Crippen LogP contribution in [0, 0.1) is 0 Å². The van der Waals surface area contributed by atoms with Crippen LogP contribution in [0.5, 0.6) is 0 Å². The zero-order valence-corrected chi connectivity index (χ0v) is 9.65. The van der Waals surface area contributed by atoms with E-state index in [0.29, 0.717) is 11.6 Å². The molecule has 0 aromatic carbocycles. The number of nitrogens with one attached hydrogen (secondary N) is 1. The Balaban J connectivity index is 2.28. The van der Waals surface area contributed by atoms with Crippen molar-refractivity contribution >= 4 is 11.6 Å². The fraction of sp³-hybridized carbons (Fsp3) is 0.300. The predicted molar refractivity (Wildman–Crippen MR) is 61.5 cm³/mol. The van der Waals surface area contributed by atoms with Crippen molar-refractivity contribution in [1.29, 1.82) is 0 Å². The van der Waals surface area contributed by atoms with Crippen molar-refractivity contribution in [2.45, 2.75) is 13.5 Å². The van der Waals surface area contributed by atoms with Crippen LogP contribution in [-0.4, -0.2) is 26.3 Å². The van der Waals surface area contributed by atoms with Crippen molar-refractivity contribution in [3.05, 3.63) is 35.5 Å². The molecule has 2 aromatic rings. The molecular formula is C10H12ClN5. The number of pyridine rings is 1. The molecule has 2 aromatic heterocycles. The summed E-state index contributed by atoms with van der Waals surface area (Å²) in [6.45, 7) is 3.57. The summed E-state index contributed by atoms with van der Waals surface area (Å²) in [6.07, 6.45) is 3.08. The van der Waals surface area contributed by atoms with E-state index in [1.165, 1.54) is 6.33 Å². The summed E-state index contributed by atoms with van der Waals surface area (Å²) in [6, 6.07) is 3.63. The normalized spacial score (nSPS) is 10.6. The number of halogens is 1. The molecule has 84 valence electrons. The van der Waals surface area contributed by atoms with Crippen molar-refractivity contribution in [2.75, 3.05) is 6.54 Å². The molecule has 0 bridgehead atoms. The number of aromatic nitrogens is 4. The number of nitrogens with zero attached hydrogens (tertiary/aromatic N) is 4. The van der Waals surface area contributed by atoms with Gasteiger partial charge in [0.2, 0.25) is 0 Å². The van der Waals surface area contributed by atoms with Crippen LogP contribution in [0.25, 0.3) is 5.82 Å². The van der Waals surface area contributed by atoms with Crippen molar-refractivity contribution in [3.8, 4) is 5.82 Å². The van der Waals surface area contributed by atoms with Crippen LogP contribution in [0.4, 0.5) is 0 Å². The Bertz CT molecular complexity index is 454. The molecule has 0 aliphatic carbocycles. The number of rotatable bonds is 4. The number of hydrogen-bond donors (Lipinski definition) is 1. The molecule has 0 fully saturated rings. The molecule has 0 unspecified atom stereocenters. The van der Waals surface area contributed by atoms with E-state index in [0.717, 1.165) is 18.1 Å². The van der Waals surface area contributed by atoms with E-state index in [1.807, 2.05) is 19.1 Å². The lowest BCUT2D eigenvalue weighted by Gasteiger charge is -2.06. The van der Waals surface area contributed by atoms with Crippen molar-refractivity contribution in [1.82, 2.24) is 25.1 Å². The summed E-state index contributed by atoms with van der Waals surface area (Å²) in [5, 5.41) is 7.86. The van der Waals surface area contributed by atoms with Crippen LogP contribution in [0.1, 0.15) is 12.6 Å².